The van der Waals surface area contributed by atoms with Crippen LogP contribution in [0.2, 0.25) is 0 Å². The number of hydrogen-bond donors (Lipinski definition) is 1. The first-order valence-electron chi connectivity index (χ1n) is 13.7. The first-order chi connectivity index (χ1) is 16.9. The van der Waals surface area contributed by atoms with Gasteiger partial charge in [-0.05, 0) is 73.5 Å². The fraction of sp³-hybridized carbons (Fsp3) is 0.828. The Morgan fingerprint density at radius 1 is 1.03 bits per heavy atom. The maximum absolute atomic E-state index is 12.3. The van der Waals surface area contributed by atoms with Crippen molar-refractivity contribution in [3.05, 3.63) is 12.2 Å². The minimum absolute atomic E-state index is 0.157. The number of rotatable bonds is 6. The first-order valence-corrected chi connectivity index (χ1v) is 13.7. The molecular weight excluding hydrogens is 460 g/mol. The Hall–Kier alpha value is -1.89. The molecule has 0 aromatic rings. The molecular formula is C29H44O7. The third kappa shape index (κ3) is 4.61. The molecule has 7 nitrogen and oxygen atoms in total. The van der Waals surface area contributed by atoms with Crippen molar-refractivity contribution < 1.29 is 33.7 Å². The van der Waals surface area contributed by atoms with Crippen LogP contribution in [-0.4, -0.2) is 48.4 Å². The number of esters is 3. The number of hydrogen-bond acceptors (Lipinski definition) is 7. The smallest absolute Gasteiger partial charge is 0.305 e. The summed E-state index contributed by atoms with van der Waals surface area (Å²) in [5, 5.41) is 10.4. The highest BCUT2D eigenvalue weighted by Crippen LogP contribution is 2.68. The fourth-order valence-electron chi connectivity index (χ4n) is 9.00. The van der Waals surface area contributed by atoms with E-state index >= 15 is 0 Å². The number of aliphatic hydroxyl groups excluding tert-OH is 1. The highest BCUT2D eigenvalue weighted by Gasteiger charge is 2.67. The van der Waals surface area contributed by atoms with Crippen LogP contribution in [0.3, 0.4) is 0 Å². The van der Waals surface area contributed by atoms with Crippen LogP contribution in [0.15, 0.2) is 12.2 Å². The summed E-state index contributed by atoms with van der Waals surface area (Å²) >= 11 is 0. The van der Waals surface area contributed by atoms with Crippen LogP contribution in [0.1, 0.15) is 79.6 Å². The lowest BCUT2D eigenvalue weighted by atomic mass is 9.44. The van der Waals surface area contributed by atoms with Crippen molar-refractivity contribution >= 4 is 17.9 Å². The van der Waals surface area contributed by atoms with E-state index in [0.29, 0.717) is 19.3 Å². The number of aliphatic hydroxyl groups is 1. The van der Waals surface area contributed by atoms with Crippen LogP contribution in [0.25, 0.3) is 0 Å². The predicted molar refractivity (Wildman–Crippen MR) is 133 cm³/mol. The zero-order chi connectivity index (χ0) is 26.4. The number of allylic oxidation sites excluding steroid dienone is 1. The molecule has 1 N–H and O–H groups in total. The van der Waals surface area contributed by atoms with E-state index in [-0.39, 0.29) is 76.5 Å². The lowest BCUT2D eigenvalue weighted by Crippen LogP contribution is -2.62. The Labute approximate surface area is 215 Å². The molecule has 0 radical (unpaired) electrons. The minimum atomic E-state index is -0.484. The SMILES string of the molecule is COC(=O)CC[C@@H](C)[C@H]1CC[C@H]2[C@@H]3[C@H](OC(C)=O)C[C@@H]4C[C@H](O)C=C[C@]4(C)[C@H]3C[C@H](OC(C)=O)[C@]12C. The Morgan fingerprint density at radius 2 is 1.72 bits per heavy atom. The molecule has 0 heterocycles. The van der Waals surface area contributed by atoms with Gasteiger partial charge in [-0.15, -0.1) is 0 Å². The summed E-state index contributed by atoms with van der Waals surface area (Å²) < 4.78 is 17.0. The van der Waals surface area contributed by atoms with E-state index in [1.54, 1.807) is 0 Å². The standard InChI is InChI=1S/C29H44O7/c1-16(7-10-26(33)34-6)21-8-9-22-27-23(15-25(29(21,22)5)36-18(3)31)28(4)12-11-20(32)13-19(28)14-24(27)35-17(2)30/h11-12,16,19-25,27,32H,7-10,13-15H2,1-6H3/t16-,19+,20-,21-,22+,23+,24-,25+,27+,28+,29-/m1/s1. The van der Waals surface area contributed by atoms with Gasteiger partial charge in [-0.2, -0.15) is 0 Å². The normalized spacial score (nSPS) is 44.0. The van der Waals surface area contributed by atoms with Gasteiger partial charge in [0.25, 0.3) is 0 Å². The molecule has 3 saturated carbocycles. The topological polar surface area (TPSA) is 99.1 Å². The molecule has 3 fully saturated rings. The molecule has 0 spiro atoms. The van der Waals surface area contributed by atoms with E-state index < -0.39 is 6.10 Å². The van der Waals surface area contributed by atoms with Gasteiger partial charge in [0, 0.05) is 31.6 Å². The van der Waals surface area contributed by atoms with Gasteiger partial charge in [-0.3, -0.25) is 14.4 Å². The number of methoxy groups -OCH3 is 1. The van der Waals surface area contributed by atoms with E-state index in [4.69, 9.17) is 14.2 Å². The molecule has 0 aromatic carbocycles. The van der Waals surface area contributed by atoms with Gasteiger partial charge in [0.05, 0.1) is 13.2 Å². The summed E-state index contributed by atoms with van der Waals surface area (Å²) in [7, 11) is 1.42. The third-order valence-corrected chi connectivity index (χ3v) is 10.6. The molecule has 0 aromatic heterocycles. The molecule has 4 aliphatic carbocycles. The maximum Gasteiger partial charge on any atom is 0.305 e. The zero-order valence-corrected chi connectivity index (χ0v) is 22.7. The molecule has 4 aliphatic rings. The van der Waals surface area contributed by atoms with Crippen LogP contribution in [0.4, 0.5) is 0 Å². The van der Waals surface area contributed by atoms with Crippen LogP contribution in [-0.2, 0) is 28.6 Å². The van der Waals surface area contributed by atoms with Crippen molar-refractivity contribution in [3.63, 3.8) is 0 Å². The average Bonchev–Trinajstić information content (AvgIpc) is 3.16. The Kier molecular flexibility index (Phi) is 7.63. The van der Waals surface area contributed by atoms with Crippen molar-refractivity contribution in [2.24, 2.45) is 46.3 Å². The largest absolute Gasteiger partial charge is 0.469 e. The van der Waals surface area contributed by atoms with E-state index in [2.05, 4.69) is 26.8 Å². The van der Waals surface area contributed by atoms with Gasteiger partial charge in [0.2, 0.25) is 0 Å². The number of fused-ring (bicyclic) bond motifs is 5. The molecule has 4 rings (SSSR count). The number of carbonyl (C=O) groups is 3. The van der Waals surface area contributed by atoms with Gasteiger partial charge in [0.15, 0.2) is 0 Å². The summed E-state index contributed by atoms with van der Waals surface area (Å²) in [6.45, 7) is 9.72. The van der Waals surface area contributed by atoms with Gasteiger partial charge < -0.3 is 19.3 Å². The molecule has 36 heavy (non-hydrogen) atoms. The van der Waals surface area contributed by atoms with E-state index in [0.717, 1.165) is 25.7 Å². The monoisotopic (exact) mass is 504 g/mol. The van der Waals surface area contributed by atoms with Crippen molar-refractivity contribution in [2.75, 3.05) is 7.11 Å². The summed E-state index contributed by atoms with van der Waals surface area (Å²) in [5.41, 5.74) is -0.434. The second-order valence-corrected chi connectivity index (χ2v) is 12.4. The predicted octanol–water partition coefficient (Wildman–Crippen LogP) is 4.45. The number of carbonyl (C=O) groups excluding carboxylic acids is 3. The summed E-state index contributed by atoms with van der Waals surface area (Å²) in [6, 6.07) is 0. The van der Waals surface area contributed by atoms with Crippen molar-refractivity contribution in [3.8, 4) is 0 Å². The fourth-order valence-corrected chi connectivity index (χ4v) is 9.00. The van der Waals surface area contributed by atoms with Crippen LogP contribution in [0.5, 0.6) is 0 Å². The molecule has 0 amide bonds. The van der Waals surface area contributed by atoms with E-state index in [1.807, 2.05) is 6.08 Å². The quantitative estimate of drug-likeness (QED) is 0.324. The molecule has 0 bridgehead atoms. The van der Waals surface area contributed by atoms with Crippen LogP contribution >= 0.6 is 0 Å². The second-order valence-electron chi connectivity index (χ2n) is 12.4. The summed E-state index contributed by atoms with van der Waals surface area (Å²) in [6.07, 6.45) is 8.35. The average molecular weight is 505 g/mol. The van der Waals surface area contributed by atoms with E-state index in [1.165, 1.54) is 21.0 Å². The van der Waals surface area contributed by atoms with Crippen molar-refractivity contribution in [1.29, 1.82) is 0 Å². The minimum Gasteiger partial charge on any atom is -0.469 e. The molecule has 7 heteroatoms. The summed E-state index contributed by atoms with van der Waals surface area (Å²) in [5.74, 6) is 0.571. The first kappa shape index (κ1) is 27.2. The Morgan fingerprint density at radius 3 is 2.36 bits per heavy atom. The summed E-state index contributed by atoms with van der Waals surface area (Å²) in [4.78, 5) is 36.4. The van der Waals surface area contributed by atoms with Crippen molar-refractivity contribution in [1.82, 2.24) is 0 Å². The zero-order valence-electron chi connectivity index (χ0n) is 22.7. The molecule has 0 aliphatic heterocycles. The number of ether oxygens (including phenoxy) is 3. The molecule has 0 unspecified atom stereocenters. The maximum atomic E-state index is 12.3. The molecule has 0 saturated heterocycles. The Bertz CT molecular complexity index is 898. The van der Waals surface area contributed by atoms with Crippen LogP contribution < -0.4 is 0 Å². The highest BCUT2D eigenvalue weighted by atomic mass is 16.5. The van der Waals surface area contributed by atoms with Gasteiger partial charge in [0.1, 0.15) is 12.2 Å². The molecule has 11 atom stereocenters. The molecule has 202 valence electrons. The lowest BCUT2D eigenvalue weighted by molar-refractivity contribution is -0.211. The second kappa shape index (κ2) is 10.1. The Balaban J connectivity index is 1.73. The van der Waals surface area contributed by atoms with Crippen LogP contribution in [0, 0.1) is 46.3 Å². The van der Waals surface area contributed by atoms with Gasteiger partial charge in [-0.1, -0.05) is 32.9 Å². The van der Waals surface area contributed by atoms with Gasteiger partial charge in [-0.25, -0.2) is 0 Å². The third-order valence-electron chi connectivity index (χ3n) is 10.6. The van der Waals surface area contributed by atoms with Gasteiger partial charge >= 0.3 is 17.9 Å². The lowest BCUT2D eigenvalue weighted by Gasteiger charge is -2.63. The highest BCUT2D eigenvalue weighted by molar-refractivity contribution is 5.69. The van der Waals surface area contributed by atoms with Crippen molar-refractivity contribution in [2.45, 2.75) is 97.9 Å². The van der Waals surface area contributed by atoms with E-state index in [9.17, 15) is 19.5 Å².